The van der Waals surface area contributed by atoms with Gasteiger partial charge in [0.15, 0.2) is 0 Å². The minimum Gasteiger partial charge on any atom is -0.480 e. The van der Waals surface area contributed by atoms with Crippen molar-refractivity contribution in [3.63, 3.8) is 0 Å². The number of hydrogen-bond donors (Lipinski definition) is 3. The van der Waals surface area contributed by atoms with Crippen molar-refractivity contribution in [1.29, 1.82) is 0 Å². The first kappa shape index (κ1) is 18.1. The van der Waals surface area contributed by atoms with Gasteiger partial charge in [-0.1, -0.05) is 30.3 Å². The van der Waals surface area contributed by atoms with Crippen molar-refractivity contribution in [3.8, 4) is 0 Å². The Morgan fingerprint density at radius 3 is 2.42 bits per heavy atom. The molecule has 0 aliphatic carbocycles. The van der Waals surface area contributed by atoms with E-state index in [4.69, 9.17) is 5.11 Å². The van der Waals surface area contributed by atoms with E-state index in [0.29, 0.717) is 5.39 Å². The Balaban J connectivity index is 2.56. The number of nitrogens with one attached hydrogen (secondary N) is 1. The molecule has 8 heteroatoms. The standard InChI is InChI=1S/C16H14F3NO3S/c17-16(18,19)11-6-5-9-3-1-2-4-10(9)13(11)14(21)20-12(7-8-24)15(22)23/h1-6,12,24H,7-8H2,(H,20,21)(H,22,23)/t12-/m0/s1. The van der Waals surface area contributed by atoms with Crippen LogP contribution in [0, 0.1) is 0 Å². The third-order valence-electron chi connectivity index (χ3n) is 3.48. The molecule has 24 heavy (non-hydrogen) atoms. The molecule has 2 aromatic carbocycles. The zero-order chi connectivity index (χ0) is 17.9. The Morgan fingerprint density at radius 2 is 1.83 bits per heavy atom. The molecular formula is C16H14F3NO3S. The highest BCUT2D eigenvalue weighted by Gasteiger charge is 2.36. The van der Waals surface area contributed by atoms with Gasteiger partial charge in [0.05, 0.1) is 11.1 Å². The molecule has 4 nitrogen and oxygen atoms in total. The molecule has 0 saturated heterocycles. The highest BCUT2D eigenvalue weighted by Crippen LogP contribution is 2.35. The lowest BCUT2D eigenvalue weighted by Crippen LogP contribution is -2.41. The molecule has 2 aromatic rings. The summed E-state index contributed by atoms with van der Waals surface area (Å²) in [6, 6.07) is 6.92. The summed E-state index contributed by atoms with van der Waals surface area (Å²) in [5.41, 5.74) is -1.68. The molecule has 0 bridgehead atoms. The molecule has 0 saturated carbocycles. The maximum atomic E-state index is 13.3. The Labute approximate surface area is 141 Å². The summed E-state index contributed by atoms with van der Waals surface area (Å²) >= 11 is 3.89. The number of hydrogen-bond acceptors (Lipinski definition) is 3. The minimum absolute atomic E-state index is 0.00367. The van der Waals surface area contributed by atoms with Crippen LogP contribution in [0.3, 0.4) is 0 Å². The molecule has 0 aliphatic heterocycles. The summed E-state index contributed by atoms with van der Waals surface area (Å²) in [5.74, 6) is -2.24. The topological polar surface area (TPSA) is 66.4 Å². The highest BCUT2D eigenvalue weighted by molar-refractivity contribution is 7.80. The number of amides is 1. The monoisotopic (exact) mass is 357 g/mol. The van der Waals surface area contributed by atoms with E-state index in [2.05, 4.69) is 17.9 Å². The number of carbonyl (C=O) groups is 2. The number of carbonyl (C=O) groups excluding carboxylic acids is 1. The first-order chi connectivity index (χ1) is 11.3. The number of alkyl halides is 3. The number of halogens is 3. The Morgan fingerprint density at radius 1 is 1.17 bits per heavy atom. The molecule has 0 aliphatic rings. The van der Waals surface area contributed by atoms with E-state index in [9.17, 15) is 22.8 Å². The quantitative estimate of drug-likeness (QED) is 0.719. The van der Waals surface area contributed by atoms with Gasteiger partial charge in [-0.05, 0) is 29.0 Å². The first-order valence-corrected chi connectivity index (χ1v) is 7.62. The summed E-state index contributed by atoms with van der Waals surface area (Å²) in [6.45, 7) is 0. The van der Waals surface area contributed by atoms with Crippen molar-refractivity contribution in [2.24, 2.45) is 0 Å². The second-order valence-electron chi connectivity index (χ2n) is 5.08. The average Bonchev–Trinajstić information content (AvgIpc) is 2.52. The van der Waals surface area contributed by atoms with Gasteiger partial charge >= 0.3 is 12.1 Å². The molecule has 0 heterocycles. The summed E-state index contributed by atoms with van der Waals surface area (Å²) in [7, 11) is 0. The third-order valence-corrected chi connectivity index (χ3v) is 3.74. The first-order valence-electron chi connectivity index (χ1n) is 6.99. The number of carboxylic acid groups (broad SMARTS) is 1. The normalized spacial score (nSPS) is 12.8. The largest absolute Gasteiger partial charge is 0.480 e. The van der Waals surface area contributed by atoms with E-state index in [-0.39, 0.29) is 17.6 Å². The van der Waals surface area contributed by atoms with Gasteiger partial charge in [0.2, 0.25) is 0 Å². The van der Waals surface area contributed by atoms with Crippen LogP contribution < -0.4 is 5.32 Å². The van der Waals surface area contributed by atoms with Crippen LogP contribution in [0.25, 0.3) is 10.8 Å². The number of aliphatic carboxylic acids is 1. The zero-order valence-corrected chi connectivity index (χ0v) is 13.2. The van der Waals surface area contributed by atoms with Crippen LogP contribution in [-0.4, -0.2) is 28.8 Å². The van der Waals surface area contributed by atoms with Crippen LogP contribution in [0.15, 0.2) is 36.4 Å². The van der Waals surface area contributed by atoms with Gasteiger partial charge in [0.25, 0.3) is 5.91 Å². The number of benzene rings is 2. The lowest BCUT2D eigenvalue weighted by Gasteiger charge is -2.18. The highest BCUT2D eigenvalue weighted by atomic mass is 32.1. The molecule has 0 unspecified atom stereocenters. The number of rotatable bonds is 5. The Kier molecular flexibility index (Phi) is 5.38. The lowest BCUT2D eigenvalue weighted by atomic mass is 9.97. The van der Waals surface area contributed by atoms with Gasteiger partial charge in [-0.2, -0.15) is 25.8 Å². The van der Waals surface area contributed by atoms with Gasteiger partial charge in [0.1, 0.15) is 6.04 Å². The molecular weight excluding hydrogens is 343 g/mol. The van der Waals surface area contributed by atoms with Gasteiger partial charge < -0.3 is 10.4 Å². The second-order valence-corrected chi connectivity index (χ2v) is 5.53. The predicted molar refractivity (Wildman–Crippen MR) is 86.3 cm³/mol. The van der Waals surface area contributed by atoms with Crippen LogP contribution >= 0.6 is 12.6 Å². The molecule has 0 fully saturated rings. The van der Waals surface area contributed by atoms with E-state index in [1.807, 2.05) is 0 Å². The SMILES string of the molecule is O=C(N[C@@H](CCS)C(=O)O)c1c(C(F)(F)F)ccc2ccccc12. The molecule has 1 atom stereocenters. The van der Waals surface area contributed by atoms with Crippen molar-refractivity contribution in [1.82, 2.24) is 5.32 Å². The molecule has 2 N–H and O–H groups in total. The van der Waals surface area contributed by atoms with E-state index < -0.39 is 35.2 Å². The molecule has 128 valence electrons. The van der Waals surface area contributed by atoms with Crippen molar-refractivity contribution >= 4 is 35.3 Å². The van der Waals surface area contributed by atoms with Gasteiger partial charge in [0, 0.05) is 0 Å². The maximum absolute atomic E-state index is 13.3. The fraction of sp³-hybridized carbons (Fsp3) is 0.250. The smallest absolute Gasteiger partial charge is 0.417 e. The van der Waals surface area contributed by atoms with Crippen molar-refractivity contribution in [2.45, 2.75) is 18.6 Å². The number of thiol groups is 1. The van der Waals surface area contributed by atoms with Crippen molar-refractivity contribution < 1.29 is 27.9 Å². The average molecular weight is 357 g/mol. The number of carboxylic acids is 1. The van der Waals surface area contributed by atoms with E-state index >= 15 is 0 Å². The van der Waals surface area contributed by atoms with Gasteiger partial charge in [-0.15, -0.1) is 0 Å². The third kappa shape index (κ3) is 3.81. The van der Waals surface area contributed by atoms with E-state index in [1.165, 1.54) is 18.2 Å². The Hall–Kier alpha value is -2.22. The zero-order valence-electron chi connectivity index (χ0n) is 12.3. The molecule has 2 rings (SSSR count). The van der Waals surface area contributed by atoms with Crippen LogP contribution in [0.1, 0.15) is 22.3 Å². The number of fused-ring (bicyclic) bond motifs is 1. The van der Waals surface area contributed by atoms with Crippen LogP contribution in [0.2, 0.25) is 0 Å². The predicted octanol–water partition coefficient (Wildman–Crippen LogP) is 3.36. The molecule has 1 amide bonds. The van der Waals surface area contributed by atoms with Crippen LogP contribution in [0.5, 0.6) is 0 Å². The van der Waals surface area contributed by atoms with Crippen molar-refractivity contribution in [2.75, 3.05) is 5.75 Å². The summed E-state index contributed by atoms with van der Waals surface area (Å²) in [4.78, 5) is 23.5. The summed E-state index contributed by atoms with van der Waals surface area (Å²) < 4.78 is 39.8. The summed E-state index contributed by atoms with van der Waals surface area (Å²) in [5, 5.41) is 11.8. The van der Waals surface area contributed by atoms with E-state index in [1.54, 1.807) is 12.1 Å². The maximum Gasteiger partial charge on any atom is 0.417 e. The fourth-order valence-corrected chi connectivity index (χ4v) is 2.63. The van der Waals surface area contributed by atoms with E-state index in [0.717, 1.165) is 6.07 Å². The van der Waals surface area contributed by atoms with Crippen LogP contribution in [-0.2, 0) is 11.0 Å². The summed E-state index contributed by atoms with van der Waals surface area (Å²) in [6.07, 6.45) is -4.74. The van der Waals surface area contributed by atoms with Crippen LogP contribution in [0.4, 0.5) is 13.2 Å². The Bertz CT molecular complexity index is 777. The van der Waals surface area contributed by atoms with Gasteiger partial charge in [-0.3, -0.25) is 4.79 Å². The second kappa shape index (κ2) is 7.12. The molecule has 0 spiro atoms. The minimum atomic E-state index is -4.74. The van der Waals surface area contributed by atoms with Crippen molar-refractivity contribution in [3.05, 3.63) is 47.5 Å². The molecule has 0 aromatic heterocycles. The lowest BCUT2D eigenvalue weighted by molar-refractivity contribution is -0.139. The van der Waals surface area contributed by atoms with Gasteiger partial charge in [-0.25, -0.2) is 4.79 Å². The fourth-order valence-electron chi connectivity index (χ4n) is 2.37. The molecule has 0 radical (unpaired) electrons.